The van der Waals surface area contributed by atoms with E-state index in [0.29, 0.717) is 12.8 Å². The number of rotatable bonds is 50. The van der Waals surface area contributed by atoms with Crippen molar-refractivity contribution in [2.75, 3.05) is 13.2 Å². The first kappa shape index (κ1) is 65.8. The first-order valence-corrected chi connectivity index (χ1v) is 28.5. The van der Waals surface area contributed by atoms with Gasteiger partial charge in [0.1, 0.15) is 13.2 Å². The van der Waals surface area contributed by atoms with Gasteiger partial charge in [0.15, 0.2) is 6.10 Å². The average molecular weight is 970 g/mol. The van der Waals surface area contributed by atoms with Gasteiger partial charge in [0.25, 0.3) is 0 Å². The van der Waals surface area contributed by atoms with Gasteiger partial charge in [-0.3, -0.25) is 14.4 Å². The fourth-order valence-electron chi connectivity index (χ4n) is 7.49. The van der Waals surface area contributed by atoms with Gasteiger partial charge in [0.05, 0.1) is 0 Å². The van der Waals surface area contributed by atoms with E-state index < -0.39 is 6.10 Å². The van der Waals surface area contributed by atoms with E-state index in [9.17, 15) is 14.4 Å². The molecule has 0 rings (SSSR count). The molecule has 6 heteroatoms. The van der Waals surface area contributed by atoms with Crippen LogP contribution in [-0.2, 0) is 28.6 Å². The second-order valence-electron chi connectivity index (χ2n) is 18.4. The summed E-state index contributed by atoms with van der Waals surface area (Å²) < 4.78 is 16.8. The van der Waals surface area contributed by atoms with Crippen molar-refractivity contribution in [1.82, 2.24) is 0 Å². The van der Waals surface area contributed by atoms with E-state index in [1.807, 2.05) is 0 Å². The fraction of sp³-hybridized carbons (Fsp3) is 0.641. The molecule has 0 aromatic carbocycles. The number of hydrogen-bond acceptors (Lipinski definition) is 6. The molecule has 0 aliphatic carbocycles. The van der Waals surface area contributed by atoms with Gasteiger partial charge in [-0.15, -0.1) is 0 Å². The molecule has 0 aliphatic rings. The highest BCUT2D eigenvalue weighted by atomic mass is 16.6. The Morgan fingerprint density at radius 1 is 0.300 bits per heavy atom. The molecule has 0 aromatic heterocycles. The minimum atomic E-state index is -0.806. The van der Waals surface area contributed by atoms with Crippen LogP contribution in [0.4, 0.5) is 0 Å². The summed E-state index contributed by atoms with van der Waals surface area (Å²) in [5, 5.41) is 0. The molecule has 1 atom stereocenters. The minimum absolute atomic E-state index is 0.0991. The number of carbonyl (C=O) groups excluding carboxylic acids is 3. The third-order valence-electron chi connectivity index (χ3n) is 11.7. The van der Waals surface area contributed by atoms with Crippen LogP contribution in [0.2, 0.25) is 0 Å². The standard InChI is InChI=1S/C64H104O6/c1-4-7-10-13-16-19-22-25-27-29-31-32-34-35-37-39-42-45-48-51-54-57-63(66)69-60-61(59-68-62(65)56-53-50-47-44-41-24-21-18-15-12-9-6-3)70-64(67)58-55-52-49-46-43-40-38-36-33-30-28-26-23-20-17-14-11-8-5-2/h7-8,10-11,16-17,19-20,25-28,31-33,35-37,40,43,61H,4-6,9,12-15,18,21-24,29-30,34,38-39,41-42,44-60H2,1-3H3/b10-7-,11-8-,19-16-,20-17-,27-25-,28-26-,32-31-,36-33-,37-35-,43-40-. The Labute approximate surface area is 431 Å². The SMILES string of the molecule is CC/C=C\C/C=C\C/C=C\C/C=C\C/C=C\CCCCCCCC(=O)OCC(COC(=O)CCCCCCCCCCCCCC)OC(=O)CCCCC/C=C\C/C=C\C/C=C\C/C=C\C/C=C\CC. The highest BCUT2D eigenvalue weighted by molar-refractivity contribution is 5.71. The number of esters is 3. The largest absolute Gasteiger partial charge is 0.462 e. The van der Waals surface area contributed by atoms with Crippen LogP contribution < -0.4 is 0 Å². The van der Waals surface area contributed by atoms with Gasteiger partial charge in [-0.25, -0.2) is 0 Å². The summed E-state index contributed by atoms with van der Waals surface area (Å²) in [6, 6.07) is 0. The molecule has 70 heavy (non-hydrogen) atoms. The van der Waals surface area contributed by atoms with Crippen LogP contribution >= 0.6 is 0 Å². The summed E-state index contributed by atoms with van der Waals surface area (Å²) in [6.45, 7) is 6.36. The maximum Gasteiger partial charge on any atom is 0.306 e. The average Bonchev–Trinajstić information content (AvgIpc) is 3.36. The zero-order chi connectivity index (χ0) is 50.7. The normalized spacial score (nSPS) is 13.0. The molecule has 0 N–H and O–H groups in total. The molecule has 0 spiro atoms. The Hall–Kier alpha value is -4.19. The summed E-state index contributed by atoms with van der Waals surface area (Å²) in [4.78, 5) is 38.1. The van der Waals surface area contributed by atoms with E-state index in [-0.39, 0.29) is 37.5 Å². The van der Waals surface area contributed by atoms with Crippen LogP contribution in [0.25, 0.3) is 0 Å². The molecule has 0 heterocycles. The summed E-state index contributed by atoms with van der Waals surface area (Å²) in [5.41, 5.74) is 0. The Bertz CT molecular complexity index is 1490. The predicted molar refractivity (Wildman–Crippen MR) is 302 cm³/mol. The molecule has 0 aromatic rings. The van der Waals surface area contributed by atoms with E-state index in [0.717, 1.165) is 148 Å². The molecule has 0 aliphatic heterocycles. The van der Waals surface area contributed by atoms with Crippen molar-refractivity contribution in [3.8, 4) is 0 Å². The zero-order valence-corrected chi connectivity index (χ0v) is 45.2. The lowest BCUT2D eigenvalue weighted by Crippen LogP contribution is -2.30. The Morgan fingerprint density at radius 2 is 0.557 bits per heavy atom. The van der Waals surface area contributed by atoms with E-state index in [1.54, 1.807) is 0 Å². The highest BCUT2D eigenvalue weighted by Crippen LogP contribution is 2.14. The molecule has 396 valence electrons. The van der Waals surface area contributed by atoms with Crippen LogP contribution in [0, 0.1) is 0 Å². The second-order valence-corrected chi connectivity index (χ2v) is 18.4. The van der Waals surface area contributed by atoms with Gasteiger partial charge < -0.3 is 14.2 Å². The molecule has 0 bridgehead atoms. The zero-order valence-electron chi connectivity index (χ0n) is 45.2. The maximum atomic E-state index is 12.8. The van der Waals surface area contributed by atoms with Crippen LogP contribution in [0.3, 0.4) is 0 Å². The van der Waals surface area contributed by atoms with Crippen molar-refractivity contribution in [3.05, 3.63) is 122 Å². The molecule has 0 amide bonds. The molecular formula is C64H104O6. The lowest BCUT2D eigenvalue weighted by molar-refractivity contribution is -0.167. The van der Waals surface area contributed by atoms with Crippen LogP contribution in [-0.4, -0.2) is 37.2 Å². The molecule has 6 nitrogen and oxygen atoms in total. The molecule has 0 saturated heterocycles. The van der Waals surface area contributed by atoms with Crippen molar-refractivity contribution in [2.24, 2.45) is 0 Å². The number of carbonyl (C=O) groups is 3. The van der Waals surface area contributed by atoms with Crippen molar-refractivity contribution in [2.45, 2.75) is 252 Å². The lowest BCUT2D eigenvalue weighted by Gasteiger charge is -2.18. The molecule has 0 fully saturated rings. The van der Waals surface area contributed by atoms with Gasteiger partial charge in [-0.05, 0) is 109 Å². The van der Waals surface area contributed by atoms with Crippen molar-refractivity contribution < 1.29 is 28.6 Å². The van der Waals surface area contributed by atoms with E-state index in [4.69, 9.17) is 14.2 Å². The van der Waals surface area contributed by atoms with Gasteiger partial charge in [0.2, 0.25) is 0 Å². The predicted octanol–water partition coefficient (Wildman–Crippen LogP) is 19.3. The first-order valence-electron chi connectivity index (χ1n) is 28.5. The molecular weight excluding hydrogens is 865 g/mol. The summed E-state index contributed by atoms with van der Waals surface area (Å²) in [5.74, 6) is -0.953. The summed E-state index contributed by atoms with van der Waals surface area (Å²) in [6.07, 6.45) is 79.0. The number of ether oxygens (including phenoxy) is 3. The van der Waals surface area contributed by atoms with Gasteiger partial charge in [-0.2, -0.15) is 0 Å². The Kier molecular flexibility index (Phi) is 54.0. The summed E-state index contributed by atoms with van der Waals surface area (Å²) in [7, 11) is 0. The van der Waals surface area contributed by atoms with Crippen molar-refractivity contribution in [1.29, 1.82) is 0 Å². The smallest absolute Gasteiger partial charge is 0.306 e. The molecule has 1 unspecified atom stereocenters. The third-order valence-corrected chi connectivity index (χ3v) is 11.7. The lowest BCUT2D eigenvalue weighted by atomic mass is 10.0. The van der Waals surface area contributed by atoms with Gasteiger partial charge in [-0.1, -0.05) is 239 Å². The number of allylic oxidation sites excluding steroid dienone is 20. The Morgan fingerprint density at radius 3 is 0.886 bits per heavy atom. The monoisotopic (exact) mass is 969 g/mol. The van der Waals surface area contributed by atoms with E-state index in [1.165, 1.54) is 57.8 Å². The summed E-state index contributed by atoms with van der Waals surface area (Å²) >= 11 is 0. The second kappa shape index (κ2) is 57.4. The number of unbranched alkanes of at least 4 members (excludes halogenated alkanes) is 19. The van der Waals surface area contributed by atoms with Gasteiger partial charge >= 0.3 is 17.9 Å². The first-order chi connectivity index (χ1) is 34.5. The van der Waals surface area contributed by atoms with Gasteiger partial charge in [0, 0.05) is 19.3 Å². The Balaban J connectivity index is 4.48. The van der Waals surface area contributed by atoms with E-state index in [2.05, 4.69) is 142 Å². The van der Waals surface area contributed by atoms with Crippen LogP contribution in [0.15, 0.2) is 122 Å². The molecule has 0 radical (unpaired) electrons. The minimum Gasteiger partial charge on any atom is -0.462 e. The quantitative estimate of drug-likeness (QED) is 0.0262. The van der Waals surface area contributed by atoms with Crippen LogP contribution in [0.5, 0.6) is 0 Å². The molecule has 0 saturated carbocycles. The highest BCUT2D eigenvalue weighted by Gasteiger charge is 2.19. The van der Waals surface area contributed by atoms with Crippen molar-refractivity contribution in [3.63, 3.8) is 0 Å². The maximum absolute atomic E-state index is 12.8. The topological polar surface area (TPSA) is 78.9 Å². The number of hydrogen-bond donors (Lipinski definition) is 0. The third kappa shape index (κ3) is 54.7. The van der Waals surface area contributed by atoms with Crippen molar-refractivity contribution >= 4 is 17.9 Å². The fourth-order valence-corrected chi connectivity index (χ4v) is 7.49. The van der Waals surface area contributed by atoms with E-state index >= 15 is 0 Å². The van der Waals surface area contributed by atoms with Crippen LogP contribution in [0.1, 0.15) is 245 Å².